The molecule has 2 aromatic rings. The molecular weight excluding hydrogens is 290 g/mol. The number of nitriles is 1. The minimum Gasteiger partial charge on any atom is -0.368 e. The summed E-state index contributed by atoms with van der Waals surface area (Å²) in [5.41, 5.74) is 0.556. The van der Waals surface area contributed by atoms with E-state index < -0.39 is 10.0 Å². The van der Waals surface area contributed by atoms with Crippen LogP contribution in [-0.4, -0.2) is 42.2 Å². The number of imidazole rings is 1. The number of fused-ring (bicyclic) bond motifs is 1. The molecule has 0 unspecified atom stereocenters. The Morgan fingerprint density at radius 1 is 1.48 bits per heavy atom. The van der Waals surface area contributed by atoms with Crippen LogP contribution in [-0.2, 0) is 10.0 Å². The van der Waals surface area contributed by atoms with Crippen molar-refractivity contribution in [1.29, 1.82) is 5.26 Å². The summed E-state index contributed by atoms with van der Waals surface area (Å²) in [6, 6.07) is 7.24. The Hall–Kier alpha value is -2.11. The van der Waals surface area contributed by atoms with Crippen LogP contribution in [0.2, 0.25) is 0 Å². The first-order chi connectivity index (χ1) is 10.0. The third-order valence-corrected chi connectivity index (χ3v) is 4.91. The second kappa shape index (κ2) is 6.11. The molecule has 8 heteroatoms. The first-order valence-electron chi connectivity index (χ1n) is 6.56. The molecule has 0 bridgehead atoms. The van der Waals surface area contributed by atoms with E-state index in [4.69, 9.17) is 5.26 Å². The summed E-state index contributed by atoms with van der Waals surface area (Å²) in [6.07, 6.45) is 1.80. The van der Waals surface area contributed by atoms with E-state index in [9.17, 15) is 8.42 Å². The van der Waals surface area contributed by atoms with Gasteiger partial charge in [-0.2, -0.15) is 9.57 Å². The van der Waals surface area contributed by atoms with Gasteiger partial charge in [-0.15, -0.1) is 0 Å². The molecular formula is C13H17N5O2S. The summed E-state index contributed by atoms with van der Waals surface area (Å²) in [5.74, 6) is 0.326. The van der Waals surface area contributed by atoms with Crippen molar-refractivity contribution in [2.24, 2.45) is 0 Å². The average Bonchev–Trinajstić information content (AvgIpc) is 2.83. The number of rotatable bonds is 6. The minimum absolute atomic E-state index is 0.0976. The molecule has 2 rings (SSSR count). The fraction of sp³-hybridized carbons (Fsp3) is 0.385. The molecule has 21 heavy (non-hydrogen) atoms. The summed E-state index contributed by atoms with van der Waals surface area (Å²) in [5, 5.41) is 11.7. The van der Waals surface area contributed by atoms with Crippen molar-refractivity contribution in [2.45, 2.75) is 18.4 Å². The van der Waals surface area contributed by atoms with E-state index in [-0.39, 0.29) is 18.0 Å². The molecule has 1 N–H and O–H groups in total. The zero-order chi connectivity index (χ0) is 15.5. The van der Waals surface area contributed by atoms with Crippen LogP contribution < -0.4 is 5.32 Å². The van der Waals surface area contributed by atoms with E-state index in [0.29, 0.717) is 18.0 Å². The lowest BCUT2D eigenvalue weighted by Gasteiger charge is -2.16. The molecule has 112 valence electrons. The summed E-state index contributed by atoms with van der Waals surface area (Å²) in [6.45, 7) is 2.58. The van der Waals surface area contributed by atoms with Gasteiger partial charge in [-0.1, -0.05) is 6.07 Å². The first kappa shape index (κ1) is 15.3. The van der Waals surface area contributed by atoms with E-state index in [1.807, 2.05) is 13.0 Å². The third kappa shape index (κ3) is 2.84. The Balaban J connectivity index is 2.58. The van der Waals surface area contributed by atoms with Crippen LogP contribution in [0.1, 0.15) is 13.3 Å². The number of hydrogen-bond donors (Lipinski definition) is 1. The summed E-state index contributed by atoms with van der Waals surface area (Å²) < 4.78 is 28.2. The molecule has 0 saturated carbocycles. The average molecular weight is 307 g/mol. The number of aromatic nitrogens is 2. The van der Waals surface area contributed by atoms with E-state index in [0.717, 1.165) is 0 Å². The Labute approximate surface area is 123 Å². The van der Waals surface area contributed by atoms with Crippen molar-refractivity contribution < 1.29 is 8.42 Å². The van der Waals surface area contributed by atoms with Crippen LogP contribution in [0.4, 0.5) is 5.82 Å². The van der Waals surface area contributed by atoms with Crippen molar-refractivity contribution >= 4 is 21.5 Å². The number of nitrogens with one attached hydrogen (secondary N) is 1. The van der Waals surface area contributed by atoms with E-state index >= 15 is 0 Å². The lowest BCUT2D eigenvalue weighted by atomic mass is 10.5. The van der Waals surface area contributed by atoms with Gasteiger partial charge in [0, 0.05) is 32.8 Å². The van der Waals surface area contributed by atoms with Gasteiger partial charge in [-0.3, -0.25) is 4.40 Å². The van der Waals surface area contributed by atoms with Crippen LogP contribution in [0.25, 0.3) is 5.65 Å². The lowest BCUT2D eigenvalue weighted by molar-refractivity contribution is 0.473. The topological polar surface area (TPSA) is 90.5 Å². The van der Waals surface area contributed by atoms with Crippen molar-refractivity contribution in [3.05, 3.63) is 24.4 Å². The Bertz CT molecular complexity index is 775. The second-order valence-corrected chi connectivity index (χ2v) is 6.42. The lowest BCUT2D eigenvalue weighted by Crippen LogP contribution is -2.29. The van der Waals surface area contributed by atoms with Gasteiger partial charge in [0.15, 0.2) is 10.8 Å². The van der Waals surface area contributed by atoms with Gasteiger partial charge in [0.2, 0.25) is 0 Å². The highest BCUT2D eigenvalue weighted by atomic mass is 32.2. The number of hydrogen-bond acceptors (Lipinski definition) is 5. The number of nitrogens with zero attached hydrogens (tertiary/aromatic N) is 4. The van der Waals surface area contributed by atoms with Crippen LogP contribution in [0.5, 0.6) is 0 Å². The van der Waals surface area contributed by atoms with Gasteiger partial charge in [0.1, 0.15) is 5.65 Å². The highest BCUT2D eigenvalue weighted by molar-refractivity contribution is 7.89. The number of sulfonamides is 1. The van der Waals surface area contributed by atoms with Gasteiger partial charge in [-0.25, -0.2) is 13.4 Å². The zero-order valence-electron chi connectivity index (χ0n) is 11.9. The predicted molar refractivity (Wildman–Crippen MR) is 79.4 cm³/mol. The van der Waals surface area contributed by atoms with Crippen molar-refractivity contribution in [3.63, 3.8) is 0 Å². The molecule has 0 saturated heterocycles. The van der Waals surface area contributed by atoms with Crippen LogP contribution >= 0.6 is 0 Å². The highest BCUT2D eigenvalue weighted by Gasteiger charge is 2.28. The highest BCUT2D eigenvalue weighted by Crippen LogP contribution is 2.25. The molecule has 0 aliphatic heterocycles. The molecule has 2 aromatic heterocycles. The molecule has 0 aliphatic carbocycles. The van der Waals surface area contributed by atoms with E-state index in [1.54, 1.807) is 24.4 Å². The molecule has 0 spiro atoms. The second-order valence-electron chi connectivity index (χ2n) is 4.46. The van der Waals surface area contributed by atoms with Crippen molar-refractivity contribution in [2.75, 3.05) is 25.5 Å². The van der Waals surface area contributed by atoms with E-state index in [1.165, 1.54) is 15.8 Å². The maximum absolute atomic E-state index is 12.7. The summed E-state index contributed by atoms with van der Waals surface area (Å²) in [4.78, 5) is 4.31. The first-order valence-corrected chi connectivity index (χ1v) is 8.00. The Morgan fingerprint density at radius 2 is 2.24 bits per heavy atom. The van der Waals surface area contributed by atoms with Crippen molar-refractivity contribution in [3.8, 4) is 6.07 Å². The molecule has 7 nitrogen and oxygen atoms in total. The molecule has 0 atom stereocenters. The van der Waals surface area contributed by atoms with Crippen LogP contribution in [0.15, 0.2) is 29.4 Å². The molecule has 2 heterocycles. The quantitative estimate of drug-likeness (QED) is 0.868. The third-order valence-electron chi connectivity index (χ3n) is 3.02. The molecule has 0 aromatic carbocycles. The SMILES string of the molecule is CCNc1nc2ccccn2c1S(=O)(=O)N(C)CCC#N. The normalized spacial score (nSPS) is 11.7. The molecule has 0 radical (unpaired) electrons. The van der Waals surface area contributed by atoms with Gasteiger partial charge >= 0.3 is 0 Å². The minimum atomic E-state index is -3.73. The monoisotopic (exact) mass is 307 g/mol. The van der Waals surface area contributed by atoms with Crippen LogP contribution in [0.3, 0.4) is 0 Å². The van der Waals surface area contributed by atoms with Gasteiger partial charge < -0.3 is 5.32 Å². The fourth-order valence-electron chi connectivity index (χ4n) is 1.98. The zero-order valence-corrected chi connectivity index (χ0v) is 12.8. The largest absolute Gasteiger partial charge is 0.368 e. The van der Waals surface area contributed by atoms with Gasteiger partial charge in [0.25, 0.3) is 10.0 Å². The van der Waals surface area contributed by atoms with Gasteiger partial charge in [0.05, 0.1) is 6.07 Å². The maximum atomic E-state index is 12.7. The van der Waals surface area contributed by atoms with Crippen LogP contribution in [0, 0.1) is 11.3 Å². The summed E-state index contributed by atoms with van der Waals surface area (Å²) >= 11 is 0. The van der Waals surface area contributed by atoms with E-state index in [2.05, 4.69) is 10.3 Å². The van der Waals surface area contributed by atoms with Gasteiger partial charge in [-0.05, 0) is 19.1 Å². The molecule has 0 amide bonds. The smallest absolute Gasteiger partial charge is 0.262 e. The summed E-state index contributed by atoms with van der Waals surface area (Å²) in [7, 11) is -2.26. The molecule has 0 fully saturated rings. The number of anilines is 1. The fourth-order valence-corrected chi connectivity index (χ4v) is 3.37. The predicted octanol–water partition coefficient (Wildman–Crippen LogP) is 1.30. The maximum Gasteiger partial charge on any atom is 0.262 e. The van der Waals surface area contributed by atoms with Crippen molar-refractivity contribution in [1.82, 2.24) is 13.7 Å². The molecule has 0 aliphatic rings. The Morgan fingerprint density at radius 3 is 2.90 bits per heavy atom. The Kier molecular flexibility index (Phi) is 4.45. The number of pyridine rings is 1. The standard InChI is InChI=1S/C13H17N5O2S/c1-3-15-12-13(18-10-5-4-7-11(18)16-12)21(19,20)17(2)9-6-8-14/h4-5,7,10,15H,3,6,9H2,1-2H3.